The predicted molar refractivity (Wildman–Crippen MR) is 67.9 cm³/mol. The van der Waals surface area contributed by atoms with Gasteiger partial charge in [-0.2, -0.15) is 0 Å². The largest absolute Gasteiger partial charge is 0.508 e. The third-order valence-electron chi connectivity index (χ3n) is 2.60. The summed E-state index contributed by atoms with van der Waals surface area (Å²) in [4.78, 5) is 13.8. The molecule has 1 aromatic carbocycles. The Morgan fingerprint density at radius 3 is 2.56 bits per heavy atom. The van der Waals surface area contributed by atoms with Gasteiger partial charge >= 0.3 is 0 Å². The predicted octanol–water partition coefficient (Wildman–Crippen LogP) is 0.985. The maximum absolute atomic E-state index is 12.0. The summed E-state index contributed by atoms with van der Waals surface area (Å²) in [5, 5.41) is 27.6. The van der Waals surface area contributed by atoms with Crippen molar-refractivity contribution in [1.29, 1.82) is 0 Å². The van der Waals surface area contributed by atoms with Crippen molar-refractivity contribution in [2.45, 2.75) is 13.3 Å². The summed E-state index contributed by atoms with van der Waals surface area (Å²) in [7, 11) is 0. The molecule has 5 heteroatoms. The van der Waals surface area contributed by atoms with Gasteiger partial charge in [0.1, 0.15) is 11.5 Å². The minimum atomic E-state index is -0.227. The second-order valence-electron chi connectivity index (χ2n) is 4.12. The standard InChI is InChI=1S/C13H19NO4/c1-2-5-14(6-7-15)9-13(18)11-4-3-10(16)8-12(11)17/h3-4,8,15-17H,2,5-7,9H2,1H3. The highest BCUT2D eigenvalue weighted by Crippen LogP contribution is 2.23. The van der Waals surface area contributed by atoms with Gasteiger partial charge in [0, 0.05) is 12.6 Å². The van der Waals surface area contributed by atoms with E-state index in [1.54, 1.807) is 0 Å². The van der Waals surface area contributed by atoms with Gasteiger partial charge in [0.25, 0.3) is 0 Å². The number of hydrogen-bond donors (Lipinski definition) is 3. The summed E-state index contributed by atoms with van der Waals surface area (Å²) in [6.07, 6.45) is 0.884. The lowest BCUT2D eigenvalue weighted by Gasteiger charge is -2.19. The summed E-state index contributed by atoms with van der Waals surface area (Å²) in [6.45, 7) is 3.28. The van der Waals surface area contributed by atoms with Crippen LogP contribution in [0.5, 0.6) is 11.5 Å². The molecule has 0 fully saturated rings. The van der Waals surface area contributed by atoms with E-state index in [0.717, 1.165) is 12.5 Å². The highest BCUT2D eigenvalue weighted by atomic mass is 16.3. The molecule has 0 saturated heterocycles. The van der Waals surface area contributed by atoms with Gasteiger partial charge in [-0.05, 0) is 25.1 Å². The summed E-state index contributed by atoms with van der Waals surface area (Å²) in [6, 6.07) is 3.91. The molecule has 0 saturated carbocycles. The fourth-order valence-electron chi connectivity index (χ4n) is 1.77. The van der Waals surface area contributed by atoms with Gasteiger partial charge in [-0.25, -0.2) is 0 Å². The smallest absolute Gasteiger partial charge is 0.180 e. The number of phenols is 2. The normalized spacial score (nSPS) is 10.8. The first-order chi connectivity index (χ1) is 8.58. The second kappa shape index (κ2) is 6.98. The Morgan fingerprint density at radius 2 is 2.00 bits per heavy atom. The number of Topliss-reactive ketones (excluding diaryl/α,β-unsaturated/α-hetero) is 1. The van der Waals surface area contributed by atoms with E-state index in [2.05, 4.69) is 0 Å². The van der Waals surface area contributed by atoms with Crippen molar-refractivity contribution in [3.8, 4) is 11.5 Å². The average Bonchev–Trinajstić information content (AvgIpc) is 2.29. The van der Waals surface area contributed by atoms with Gasteiger partial charge in [-0.3, -0.25) is 9.69 Å². The van der Waals surface area contributed by atoms with Crippen LogP contribution in [0.1, 0.15) is 23.7 Å². The molecule has 1 rings (SSSR count). The third kappa shape index (κ3) is 4.01. The summed E-state index contributed by atoms with van der Waals surface area (Å²) >= 11 is 0. The molecule has 0 aliphatic rings. The van der Waals surface area contributed by atoms with E-state index in [1.165, 1.54) is 12.1 Å². The average molecular weight is 253 g/mol. The Morgan fingerprint density at radius 1 is 1.28 bits per heavy atom. The minimum absolute atomic E-state index is 0.00512. The molecule has 18 heavy (non-hydrogen) atoms. The van der Waals surface area contributed by atoms with Gasteiger partial charge < -0.3 is 15.3 Å². The van der Waals surface area contributed by atoms with Crippen LogP contribution < -0.4 is 0 Å². The maximum Gasteiger partial charge on any atom is 0.180 e. The zero-order valence-corrected chi connectivity index (χ0v) is 10.5. The van der Waals surface area contributed by atoms with Crippen LogP contribution in [-0.4, -0.2) is 52.2 Å². The zero-order valence-electron chi connectivity index (χ0n) is 10.5. The lowest BCUT2D eigenvalue weighted by molar-refractivity contribution is 0.0912. The van der Waals surface area contributed by atoms with E-state index >= 15 is 0 Å². The fourth-order valence-corrected chi connectivity index (χ4v) is 1.77. The van der Waals surface area contributed by atoms with Crippen molar-refractivity contribution in [2.24, 2.45) is 0 Å². The first-order valence-corrected chi connectivity index (χ1v) is 5.96. The van der Waals surface area contributed by atoms with Crippen LogP contribution in [0.25, 0.3) is 0 Å². The molecule has 0 unspecified atom stereocenters. The fraction of sp³-hybridized carbons (Fsp3) is 0.462. The lowest BCUT2D eigenvalue weighted by Crippen LogP contribution is -2.33. The van der Waals surface area contributed by atoms with E-state index in [0.29, 0.717) is 13.1 Å². The molecule has 0 heterocycles. The van der Waals surface area contributed by atoms with Crippen molar-refractivity contribution < 1.29 is 20.1 Å². The molecule has 3 N–H and O–H groups in total. The molecule has 0 amide bonds. The quantitative estimate of drug-likeness (QED) is 0.631. The second-order valence-corrected chi connectivity index (χ2v) is 4.12. The molecule has 5 nitrogen and oxygen atoms in total. The molecule has 0 aliphatic carbocycles. The molecule has 1 aromatic rings. The third-order valence-corrected chi connectivity index (χ3v) is 2.60. The van der Waals surface area contributed by atoms with Crippen LogP contribution in [0.3, 0.4) is 0 Å². The molecule has 0 atom stereocenters. The number of ketones is 1. The number of hydrogen-bond acceptors (Lipinski definition) is 5. The number of carbonyl (C=O) groups excluding carboxylic acids is 1. The van der Waals surface area contributed by atoms with Gasteiger partial charge in [0.05, 0.1) is 18.7 Å². The minimum Gasteiger partial charge on any atom is -0.508 e. The Kier molecular flexibility index (Phi) is 5.61. The Hall–Kier alpha value is -1.59. The number of aliphatic hydroxyl groups excluding tert-OH is 1. The van der Waals surface area contributed by atoms with Crippen molar-refractivity contribution >= 4 is 5.78 Å². The Bertz CT molecular complexity index is 400. The summed E-state index contributed by atoms with van der Waals surface area (Å²) < 4.78 is 0. The molecular weight excluding hydrogens is 234 g/mol. The van der Waals surface area contributed by atoms with Crippen molar-refractivity contribution in [1.82, 2.24) is 4.90 Å². The van der Waals surface area contributed by atoms with Crippen molar-refractivity contribution in [3.63, 3.8) is 0 Å². The molecule has 0 radical (unpaired) electrons. The summed E-state index contributed by atoms with van der Waals surface area (Å²) in [5.41, 5.74) is 0.187. The number of nitrogens with zero attached hydrogens (tertiary/aromatic N) is 1. The SMILES string of the molecule is CCCN(CCO)CC(=O)c1ccc(O)cc1O. The van der Waals surface area contributed by atoms with E-state index in [-0.39, 0.29) is 36.0 Å². The number of aromatic hydroxyl groups is 2. The van der Waals surface area contributed by atoms with Crippen LogP contribution in [0, 0.1) is 0 Å². The molecule has 0 spiro atoms. The lowest BCUT2D eigenvalue weighted by atomic mass is 10.1. The summed E-state index contributed by atoms with van der Waals surface area (Å²) in [5.74, 6) is -0.528. The molecular formula is C13H19NO4. The molecule has 0 aliphatic heterocycles. The van der Waals surface area contributed by atoms with Gasteiger partial charge in [0.15, 0.2) is 5.78 Å². The van der Waals surface area contributed by atoms with Crippen molar-refractivity contribution in [3.05, 3.63) is 23.8 Å². The molecule has 0 aromatic heterocycles. The monoisotopic (exact) mass is 253 g/mol. The first kappa shape index (κ1) is 14.5. The van der Waals surface area contributed by atoms with Crippen LogP contribution in [0.4, 0.5) is 0 Å². The van der Waals surface area contributed by atoms with Crippen molar-refractivity contribution in [2.75, 3.05) is 26.2 Å². The van der Waals surface area contributed by atoms with Crippen LogP contribution in [0.15, 0.2) is 18.2 Å². The van der Waals surface area contributed by atoms with E-state index in [1.807, 2.05) is 11.8 Å². The Labute approximate surface area is 106 Å². The Balaban J connectivity index is 2.73. The highest BCUT2D eigenvalue weighted by Gasteiger charge is 2.15. The van der Waals surface area contributed by atoms with E-state index in [4.69, 9.17) is 10.2 Å². The highest BCUT2D eigenvalue weighted by molar-refractivity contribution is 6.00. The number of carbonyl (C=O) groups is 1. The number of benzene rings is 1. The first-order valence-electron chi connectivity index (χ1n) is 5.96. The zero-order chi connectivity index (χ0) is 13.5. The van der Waals surface area contributed by atoms with Gasteiger partial charge in [-0.1, -0.05) is 6.92 Å². The van der Waals surface area contributed by atoms with Crippen LogP contribution in [0.2, 0.25) is 0 Å². The molecule has 0 bridgehead atoms. The number of phenolic OH excluding ortho intramolecular Hbond substituents is 2. The maximum atomic E-state index is 12.0. The van der Waals surface area contributed by atoms with Crippen LogP contribution in [-0.2, 0) is 0 Å². The van der Waals surface area contributed by atoms with Gasteiger partial charge in [0.2, 0.25) is 0 Å². The van der Waals surface area contributed by atoms with Gasteiger partial charge in [-0.15, -0.1) is 0 Å². The number of aliphatic hydroxyl groups is 1. The van der Waals surface area contributed by atoms with E-state index < -0.39 is 0 Å². The van der Waals surface area contributed by atoms with E-state index in [9.17, 15) is 9.90 Å². The number of rotatable bonds is 7. The topological polar surface area (TPSA) is 81.0 Å². The van der Waals surface area contributed by atoms with Crippen LogP contribution >= 0.6 is 0 Å². The molecule has 100 valence electrons.